The first-order valence-corrected chi connectivity index (χ1v) is 15.6. The topological polar surface area (TPSA) is 61.6 Å². The summed E-state index contributed by atoms with van der Waals surface area (Å²) >= 11 is 0. The van der Waals surface area contributed by atoms with Crippen LogP contribution < -0.4 is 0 Å². The van der Waals surface area contributed by atoms with Gasteiger partial charge in [0, 0.05) is 37.2 Å². The van der Waals surface area contributed by atoms with Crippen LogP contribution in [-0.2, 0) is 17.8 Å². The van der Waals surface area contributed by atoms with Gasteiger partial charge in [0.25, 0.3) is 0 Å². The van der Waals surface area contributed by atoms with Crippen molar-refractivity contribution in [2.75, 3.05) is 26.2 Å². The van der Waals surface area contributed by atoms with Gasteiger partial charge in [0.2, 0.25) is 0 Å². The van der Waals surface area contributed by atoms with Gasteiger partial charge in [0.15, 0.2) is 0 Å². The van der Waals surface area contributed by atoms with E-state index in [2.05, 4.69) is 63.9 Å². The molecule has 1 aromatic heterocycles. The van der Waals surface area contributed by atoms with E-state index in [1.54, 1.807) is 6.07 Å². The van der Waals surface area contributed by atoms with E-state index in [1.807, 2.05) is 6.07 Å². The van der Waals surface area contributed by atoms with Crippen molar-refractivity contribution in [1.82, 2.24) is 19.6 Å². The van der Waals surface area contributed by atoms with Crippen LogP contribution in [0.5, 0.6) is 0 Å². The molecule has 1 aliphatic carbocycles. The minimum absolute atomic E-state index is 0.186. The number of hydrogen-bond donors (Lipinski definition) is 1. The molecule has 2 saturated heterocycles. The molecule has 6 nitrogen and oxygen atoms in total. The predicted octanol–water partition coefficient (Wildman–Crippen LogP) is 5.92. The fourth-order valence-electron chi connectivity index (χ4n) is 7.91. The lowest BCUT2D eigenvalue weighted by atomic mass is 9.87. The number of rotatable bonds is 9. The Morgan fingerprint density at radius 2 is 1.80 bits per heavy atom. The number of benzene rings is 2. The van der Waals surface area contributed by atoms with Crippen LogP contribution in [0.15, 0.2) is 60.7 Å². The molecule has 41 heavy (non-hydrogen) atoms. The van der Waals surface area contributed by atoms with Gasteiger partial charge in [-0.25, -0.2) is 4.39 Å². The third kappa shape index (κ3) is 6.26. The van der Waals surface area contributed by atoms with Gasteiger partial charge in [0.05, 0.1) is 5.69 Å². The Bertz CT molecular complexity index is 1320. The molecule has 2 aliphatic heterocycles. The highest BCUT2D eigenvalue weighted by atomic mass is 19.1. The highest BCUT2D eigenvalue weighted by Gasteiger charge is 2.44. The SMILES string of the molecule is CCn1nc(Cc2ccccc2)cc1C1CCN(CC2CC(N3CCC[C@@H]3C(=O)O)CC2c2cccc(F)c2)CC1. The molecular weight excluding hydrogens is 515 g/mol. The van der Waals surface area contributed by atoms with Gasteiger partial charge >= 0.3 is 5.97 Å². The maximum Gasteiger partial charge on any atom is 0.320 e. The number of aliphatic carboxylic acids is 1. The summed E-state index contributed by atoms with van der Waals surface area (Å²) in [5.41, 5.74) is 4.87. The van der Waals surface area contributed by atoms with Crippen LogP contribution in [0.1, 0.15) is 79.8 Å². The Balaban J connectivity index is 1.12. The first kappa shape index (κ1) is 28.1. The molecule has 6 rings (SSSR count). The van der Waals surface area contributed by atoms with Crippen molar-refractivity contribution in [1.29, 1.82) is 0 Å². The zero-order valence-electron chi connectivity index (χ0n) is 24.2. The normalized spacial score (nSPS) is 26.1. The number of aryl methyl sites for hydroxylation is 1. The van der Waals surface area contributed by atoms with Crippen LogP contribution in [0.2, 0.25) is 0 Å². The molecule has 0 spiro atoms. The van der Waals surface area contributed by atoms with Crippen molar-refractivity contribution in [3.8, 4) is 0 Å². The van der Waals surface area contributed by atoms with E-state index in [-0.39, 0.29) is 23.8 Å². The van der Waals surface area contributed by atoms with E-state index in [1.165, 1.54) is 17.3 Å². The molecule has 1 N–H and O–H groups in total. The van der Waals surface area contributed by atoms with E-state index in [0.29, 0.717) is 11.8 Å². The molecule has 2 aromatic carbocycles. The lowest BCUT2D eigenvalue weighted by Crippen LogP contribution is -2.42. The third-order valence-corrected chi connectivity index (χ3v) is 9.88. The summed E-state index contributed by atoms with van der Waals surface area (Å²) in [6, 6.07) is 19.9. The fraction of sp³-hybridized carbons (Fsp3) is 0.529. The summed E-state index contributed by atoms with van der Waals surface area (Å²) in [5, 5.41) is 14.8. The molecule has 218 valence electrons. The quantitative estimate of drug-likeness (QED) is 0.353. The highest BCUT2D eigenvalue weighted by molar-refractivity contribution is 5.73. The summed E-state index contributed by atoms with van der Waals surface area (Å²) < 4.78 is 16.5. The number of aromatic nitrogens is 2. The molecule has 0 amide bonds. The van der Waals surface area contributed by atoms with Gasteiger partial charge in [-0.1, -0.05) is 42.5 Å². The zero-order valence-corrected chi connectivity index (χ0v) is 24.2. The summed E-state index contributed by atoms with van der Waals surface area (Å²) in [5.74, 6) is 0.278. The Labute approximate surface area is 243 Å². The summed E-state index contributed by atoms with van der Waals surface area (Å²) in [7, 11) is 0. The maximum atomic E-state index is 14.3. The molecule has 0 radical (unpaired) electrons. The van der Waals surface area contributed by atoms with Gasteiger partial charge in [-0.15, -0.1) is 0 Å². The van der Waals surface area contributed by atoms with Crippen molar-refractivity contribution in [2.45, 2.75) is 82.3 Å². The van der Waals surface area contributed by atoms with E-state index in [0.717, 1.165) is 88.9 Å². The second kappa shape index (κ2) is 12.5. The highest BCUT2D eigenvalue weighted by Crippen LogP contribution is 2.44. The number of carbonyl (C=O) groups is 1. The minimum atomic E-state index is -0.700. The number of carboxylic acids is 1. The average molecular weight is 559 g/mol. The molecule has 4 atom stereocenters. The van der Waals surface area contributed by atoms with Gasteiger partial charge in [-0.2, -0.15) is 5.10 Å². The molecule has 3 heterocycles. The van der Waals surface area contributed by atoms with Crippen molar-refractivity contribution in [2.24, 2.45) is 5.92 Å². The van der Waals surface area contributed by atoms with Crippen molar-refractivity contribution in [3.05, 3.63) is 89.0 Å². The number of piperidine rings is 1. The Morgan fingerprint density at radius 3 is 2.54 bits per heavy atom. The standard InChI is InChI=1S/C34H43FN4O2/c1-2-39-33(21-29(36-39)18-24-8-4-3-5-9-24)25-13-16-37(17-14-25)23-27-20-30(38-15-7-12-32(38)34(40)41)22-31(27)26-10-6-11-28(35)19-26/h3-6,8-11,19,21,25,27,30-32H,2,7,12-18,20,22-23H2,1H3,(H,40,41)/t27?,30?,31?,32-/m1/s1. The lowest BCUT2D eigenvalue weighted by Gasteiger charge is -2.35. The van der Waals surface area contributed by atoms with Crippen LogP contribution in [0.25, 0.3) is 0 Å². The van der Waals surface area contributed by atoms with Gasteiger partial charge in [0.1, 0.15) is 11.9 Å². The number of halogens is 1. The van der Waals surface area contributed by atoms with E-state index in [9.17, 15) is 14.3 Å². The zero-order chi connectivity index (χ0) is 28.3. The predicted molar refractivity (Wildman–Crippen MR) is 159 cm³/mol. The van der Waals surface area contributed by atoms with Gasteiger partial charge < -0.3 is 10.0 Å². The lowest BCUT2D eigenvalue weighted by molar-refractivity contribution is -0.142. The Kier molecular flexibility index (Phi) is 8.54. The largest absolute Gasteiger partial charge is 0.480 e. The molecule has 3 aliphatic rings. The summed E-state index contributed by atoms with van der Waals surface area (Å²) in [6.45, 7) is 7.00. The second-order valence-electron chi connectivity index (χ2n) is 12.4. The number of likely N-dealkylation sites (tertiary alicyclic amines) is 2. The van der Waals surface area contributed by atoms with Crippen LogP contribution in [0, 0.1) is 11.7 Å². The molecule has 1 saturated carbocycles. The first-order valence-electron chi connectivity index (χ1n) is 15.6. The Morgan fingerprint density at radius 1 is 1.00 bits per heavy atom. The molecule has 7 heteroatoms. The second-order valence-corrected chi connectivity index (χ2v) is 12.4. The van der Waals surface area contributed by atoms with Crippen LogP contribution in [0.3, 0.4) is 0 Å². The van der Waals surface area contributed by atoms with E-state index >= 15 is 0 Å². The first-order chi connectivity index (χ1) is 20.0. The summed E-state index contributed by atoms with van der Waals surface area (Å²) in [6.07, 6.45) is 6.66. The number of nitrogens with zero attached hydrogens (tertiary/aromatic N) is 4. The van der Waals surface area contributed by atoms with Gasteiger partial charge in [-0.3, -0.25) is 14.4 Å². The van der Waals surface area contributed by atoms with Crippen LogP contribution in [0.4, 0.5) is 4.39 Å². The summed E-state index contributed by atoms with van der Waals surface area (Å²) in [4.78, 5) is 16.8. The average Bonchev–Trinajstić information content (AvgIpc) is 3.72. The molecular formula is C34H43FN4O2. The molecule has 3 aromatic rings. The number of carboxylic acid groups (broad SMARTS) is 1. The van der Waals surface area contributed by atoms with E-state index < -0.39 is 5.97 Å². The van der Waals surface area contributed by atoms with Crippen molar-refractivity contribution >= 4 is 5.97 Å². The minimum Gasteiger partial charge on any atom is -0.480 e. The van der Waals surface area contributed by atoms with Gasteiger partial charge in [-0.05, 0) is 106 Å². The van der Waals surface area contributed by atoms with Crippen molar-refractivity contribution in [3.63, 3.8) is 0 Å². The van der Waals surface area contributed by atoms with Crippen LogP contribution >= 0.6 is 0 Å². The number of hydrogen-bond acceptors (Lipinski definition) is 4. The van der Waals surface area contributed by atoms with Crippen molar-refractivity contribution < 1.29 is 14.3 Å². The van der Waals surface area contributed by atoms with E-state index in [4.69, 9.17) is 5.10 Å². The molecule has 3 unspecified atom stereocenters. The molecule has 0 bridgehead atoms. The smallest absolute Gasteiger partial charge is 0.320 e. The Hall–Kier alpha value is -3.03. The monoisotopic (exact) mass is 558 g/mol. The molecule has 3 fully saturated rings. The fourth-order valence-corrected chi connectivity index (χ4v) is 7.91. The van der Waals surface area contributed by atoms with Crippen LogP contribution in [-0.4, -0.2) is 68.9 Å². The maximum absolute atomic E-state index is 14.3. The third-order valence-electron chi connectivity index (χ3n) is 9.88.